The van der Waals surface area contributed by atoms with Crippen molar-refractivity contribution in [1.29, 1.82) is 0 Å². The van der Waals surface area contributed by atoms with Crippen molar-refractivity contribution in [3.05, 3.63) is 94.5 Å². The predicted molar refractivity (Wildman–Crippen MR) is 156 cm³/mol. The zero-order chi connectivity index (χ0) is 28.6. The van der Waals surface area contributed by atoms with Gasteiger partial charge >= 0.3 is 0 Å². The fourth-order valence-corrected chi connectivity index (χ4v) is 5.60. The molecule has 0 saturated heterocycles. The molecule has 208 valence electrons. The Bertz CT molecular complexity index is 1380. The molecule has 3 aromatic carbocycles. The van der Waals surface area contributed by atoms with Crippen LogP contribution in [-0.2, 0) is 26.2 Å². The number of carbonyl (C=O) groups is 2. The zero-order valence-corrected chi connectivity index (χ0v) is 24.4. The van der Waals surface area contributed by atoms with E-state index in [1.165, 1.54) is 17.0 Å². The van der Waals surface area contributed by atoms with Gasteiger partial charge in [0.2, 0.25) is 11.8 Å². The Kier molecular flexibility index (Phi) is 10.5. The lowest BCUT2D eigenvalue weighted by Gasteiger charge is -2.32. The van der Waals surface area contributed by atoms with Crippen LogP contribution in [0.25, 0.3) is 0 Å². The highest BCUT2D eigenvalue weighted by Gasteiger charge is 2.32. The third-order valence-electron chi connectivity index (χ3n) is 6.60. The van der Waals surface area contributed by atoms with Crippen LogP contribution in [0, 0.1) is 13.8 Å². The molecule has 9 heteroatoms. The summed E-state index contributed by atoms with van der Waals surface area (Å²) in [5, 5.41) is 3.33. The third kappa shape index (κ3) is 7.83. The van der Waals surface area contributed by atoms with Gasteiger partial charge < -0.3 is 10.2 Å². The molecule has 39 heavy (non-hydrogen) atoms. The molecule has 0 radical (unpaired) electrons. The van der Waals surface area contributed by atoms with Crippen molar-refractivity contribution in [3.8, 4) is 0 Å². The van der Waals surface area contributed by atoms with Gasteiger partial charge in [-0.1, -0.05) is 66.9 Å². The number of halogens is 1. The summed E-state index contributed by atoms with van der Waals surface area (Å²) in [6.07, 6.45) is 1.75. The molecule has 0 heterocycles. The van der Waals surface area contributed by atoms with E-state index < -0.39 is 28.5 Å². The second-order valence-electron chi connectivity index (χ2n) is 9.57. The number of hydrogen-bond donors (Lipinski definition) is 1. The van der Waals surface area contributed by atoms with E-state index in [1.807, 2.05) is 45.0 Å². The molecule has 0 saturated carbocycles. The van der Waals surface area contributed by atoms with Gasteiger partial charge in [-0.3, -0.25) is 13.9 Å². The Balaban J connectivity index is 2.00. The summed E-state index contributed by atoms with van der Waals surface area (Å²) in [5.41, 5.74) is 3.05. The first-order valence-electron chi connectivity index (χ1n) is 13.0. The molecule has 0 aliphatic rings. The molecule has 2 amide bonds. The summed E-state index contributed by atoms with van der Waals surface area (Å²) >= 11 is 6.07. The van der Waals surface area contributed by atoms with Crippen molar-refractivity contribution in [2.45, 2.75) is 58.0 Å². The first kappa shape index (κ1) is 30.2. The lowest BCUT2D eigenvalue weighted by atomic mass is 10.1. The number of rotatable bonds is 12. The van der Waals surface area contributed by atoms with Gasteiger partial charge in [0.1, 0.15) is 12.6 Å². The number of anilines is 1. The number of hydrogen-bond acceptors (Lipinski definition) is 4. The minimum atomic E-state index is -4.11. The molecular formula is C30H36ClN3O4S. The SMILES string of the molecule is CCCCNC(=O)C(C)N(Cc1ccccc1C)C(=O)CN(c1ccc(Cl)cc1)S(=O)(=O)c1ccc(C)cc1. The number of carbonyl (C=O) groups excluding carboxylic acids is 2. The minimum Gasteiger partial charge on any atom is -0.354 e. The number of amides is 2. The minimum absolute atomic E-state index is 0.0617. The Hall–Kier alpha value is -3.36. The smallest absolute Gasteiger partial charge is 0.264 e. The van der Waals surface area contributed by atoms with Crippen molar-refractivity contribution in [1.82, 2.24) is 10.2 Å². The molecule has 0 aliphatic carbocycles. The number of unbranched alkanes of at least 4 members (excludes halogenated alkanes) is 1. The van der Waals surface area contributed by atoms with Crippen LogP contribution < -0.4 is 9.62 Å². The molecule has 0 bridgehead atoms. The van der Waals surface area contributed by atoms with Crippen LogP contribution in [0.15, 0.2) is 77.7 Å². The Labute approximate surface area is 236 Å². The molecule has 1 unspecified atom stereocenters. The highest BCUT2D eigenvalue weighted by molar-refractivity contribution is 7.92. The highest BCUT2D eigenvalue weighted by atomic mass is 35.5. The molecule has 0 spiro atoms. The maximum absolute atomic E-state index is 13.9. The van der Waals surface area contributed by atoms with Crippen LogP contribution in [0.1, 0.15) is 43.4 Å². The number of nitrogens with one attached hydrogen (secondary N) is 1. The summed E-state index contributed by atoms with van der Waals surface area (Å²) < 4.78 is 28.7. The average molecular weight is 570 g/mol. The third-order valence-corrected chi connectivity index (χ3v) is 8.64. The van der Waals surface area contributed by atoms with Gasteiger partial charge in [-0.25, -0.2) is 8.42 Å². The standard InChI is InChI=1S/C30H36ClN3O4S/c1-5-6-19-32-30(36)24(4)33(20-25-10-8-7-9-23(25)3)29(35)21-34(27-15-13-26(31)14-16-27)39(37,38)28-17-11-22(2)12-18-28/h7-18,24H,5-6,19-21H2,1-4H3,(H,32,36). The lowest BCUT2D eigenvalue weighted by molar-refractivity contribution is -0.139. The Morgan fingerprint density at radius 2 is 1.59 bits per heavy atom. The maximum Gasteiger partial charge on any atom is 0.264 e. The summed E-state index contributed by atoms with van der Waals surface area (Å²) in [4.78, 5) is 28.5. The molecule has 0 fully saturated rings. The monoisotopic (exact) mass is 569 g/mol. The van der Waals surface area contributed by atoms with Crippen LogP contribution in [0.5, 0.6) is 0 Å². The molecule has 1 atom stereocenters. The molecule has 3 aromatic rings. The van der Waals surface area contributed by atoms with E-state index in [-0.39, 0.29) is 17.3 Å². The molecule has 0 aliphatic heterocycles. The Morgan fingerprint density at radius 1 is 0.949 bits per heavy atom. The van der Waals surface area contributed by atoms with Crippen molar-refractivity contribution in [2.24, 2.45) is 0 Å². The normalized spacial score (nSPS) is 12.0. The van der Waals surface area contributed by atoms with Crippen LogP contribution in [0.3, 0.4) is 0 Å². The topological polar surface area (TPSA) is 86.8 Å². The molecule has 0 aromatic heterocycles. The quantitative estimate of drug-likeness (QED) is 0.292. The predicted octanol–water partition coefficient (Wildman–Crippen LogP) is 5.49. The average Bonchev–Trinajstić information content (AvgIpc) is 2.91. The van der Waals surface area contributed by atoms with Crippen LogP contribution in [0.4, 0.5) is 5.69 Å². The van der Waals surface area contributed by atoms with Gasteiger partial charge in [-0.2, -0.15) is 0 Å². The van der Waals surface area contributed by atoms with Crippen molar-refractivity contribution < 1.29 is 18.0 Å². The summed E-state index contributed by atoms with van der Waals surface area (Å²) in [5.74, 6) is -0.785. The van der Waals surface area contributed by atoms with Gasteiger partial charge in [0.15, 0.2) is 0 Å². The summed E-state index contributed by atoms with van der Waals surface area (Å²) in [6.45, 7) is 7.68. The maximum atomic E-state index is 13.9. The summed E-state index contributed by atoms with van der Waals surface area (Å²) in [7, 11) is -4.11. The van der Waals surface area contributed by atoms with Gasteiger partial charge in [-0.15, -0.1) is 0 Å². The van der Waals surface area contributed by atoms with E-state index in [0.29, 0.717) is 17.3 Å². The van der Waals surface area contributed by atoms with E-state index in [4.69, 9.17) is 11.6 Å². The fourth-order valence-electron chi connectivity index (χ4n) is 4.06. The van der Waals surface area contributed by atoms with Crippen molar-refractivity contribution in [2.75, 3.05) is 17.4 Å². The van der Waals surface area contributed by atoms with E-state index in [9.17, 15) is 18.0 Å². The summed E-state index contributed by atoms with van der Waals surface area (Å²) in [6, 6.07) is 19.5. The van der Waals surface area contributed by atoms with E-state index in [0.717, 1.165) is 33.8 Å². The van der Waals surface area contributed by atoms with Crippen molar-refractivity contribution >= 4 is 39.1 Å². The van der Waals surface area contributed by atoms with E-state index >= 15 is 0 Å². The number of nitrogens with zero attached hydrogens (tertiary/aromatic N) is 2. The van der Waals surface area contributed by atoms with E-state index in [1.54, 1.807) is 43.3 Å². The molecule has 3 rings (SSSR count). The highest BCUT2D eigenvalue weighted by Crippen LogP contribution is 2.26. The van der Waals surface area contributed by atoms with Gasteiger partial charge in [-0.05, 0) is 74.7 Å². The molecule has 1 N–H and O–H groups in total. The van der Waals surface area contributed by atoms with Gasteiger partial charge in [0, 0.05) is 18.1 Å². The fraction of sp³-hybridized carbons (Fsp3) is 0.333. The second kappa shape index (κ2) is 13.6. The molecule has 7 nitrogen and oxygen atoms in total. The number of sulfonamides is 1. The van der Waals surface area contributed by atoms with Crippen LogP contribution >= 0.6 is 11.6 Å². The first-order chi connectivity index (χ1) is 18.5. The largest absolute Gasteiger partial charge is 0.354 e. The van der Waals surface area contributed by atoms with Crippen LogP contribution in [0.2, 0.25) is 5.02 Å². The van der Waals surface area contributed by atoms with Gasteiger partial charge in [0.05, 0.1) is 10.6 Å². The van der Waals surface area contributed by atoms with Gasteiger partial charge in [0.25, 0.3) is 10.0 Å². The van der Waals surface area contributed by atoms with Crippen molar-refractivity contribution in [3.63, 3.8) is 0 Å². The zero-order valence-electron chi connectivity index (χ0n) is 22.9. The van der Waals surface area contributed by atoms with Crippen LogP contribution in [-0.4, -0.2) is 44.3 Å². The second-order valence-corrected chi connectivity index (χ2v) is 11.9. The first-order valence-corrected chi connectivity index (χ1v) is 14.8. The number of aryl methyl sites for hydroxylation is 2. The lowest BCUT2D eigenvalue weighted by Crippen LogP contribution is -2.51. The number of benzene rings is 3. The Morgan fingerprint density at radius 3 is 2.21 bits per heavy atom. The van der Waals surface area contributed by atoms with E-state index in [2.05, 4.69) is 5.32 Å². The molecular weight excluding hydrogens is 534 g/mol.